The van der Waals surface area contributed by atoms with Crippen LogP contribution in [-0.2, 0) is 4.79 Å². The zero-order valence-electron chi connectivity index (χ0n) is 7.98. The van der Waals surface area contributed by atoms with Crippen LogP contribution in [0.3, 0.4) is 0 Å². The molecule has 0 spiro atoms. The Morgan fingerprint density at radius 2 is 2.33 bits per heavy atom. The highest BCUT2D eigenvalue weighted by molar-refractivity contribution is 9.10. The molecule has 1 heterocycles. The van der Waals surface area contributed by atoms with Crippen LogP contribution in [0.25, 0.3) is 0 Å². The van der Waals surface area contributed by atoms with E-state index in [4.69, 9.17) is 5.11 Å². The second kappa shape index (κ2) is 4.96. The monoisotopic (exact) mass is 291 g/mol. The van der Waals surface area contributed by atoms with E-state index >= 15 is 0 Å². The Labute approximate surface area is 99.9 Å². The SMILES string of the molecule is CC(O)(CSc1ccc(Br)cn1)C(=O)O. The van der Waals surface area contributed by atoms with Crippen molar-refractivity contribution in [1.29, 1.82) is 0 Å². The number of aliphatic hydroxyl groups is 1. The number of nitrogens with zero attached hydrogens (tertiary/aromatic N) is 1. The lowest BCUT2D eigenvalue weighted by Gasteiger charge is -2.16. The average Bonchev–Trinajstić information content (AvgIpc) is 2.17. The highest BCUT2D eigenvalue weighted by Crippen LogP contribution is 2.22. The number of halogens is 1. The maximum Gasteiger partial charge on any atom is 0.336 e. The lowest BCUT2D eigenvalue weighted by Crippen LogP contribution is -2.37. The van der Waals surface area contributed by atoms with Gasteiger partial charge in [0.2, 0.25) is 0 Å². The molecular formula is C9H10BrNO3S. The van der Waals surface area contributed by atoms with Crippen molar-refractivity contribution in [2.45, 2.75) is 17.6 Å². The number of pyridine rings is 1. The van der Waals surface area contributed by atoms with Gasteiger partial charge in [0.1, 0.15) is 0 Å². The van der Waals surface area contributed by atoms with E-state index in [9.17, 15) is 9.90 Å². The molecule has 0 aliphatic heterocycles. The van der Waals surface area contributed by atoms with Crippen LogP contribution >= 0.6 is 27.7 Å². The summed E-state index contributed by atoms with van der Waals surface area (Å²) in [5.41, 5.74) is -1.72. The largest absolute Gasteiger partial charge is 0.479 e. The van der Waals surface area contributed by atoms with E-state index in [1.165, 1.54) is 18.7 Å². The van der Waals surface area contributed by atoms with Crippen LogP contribution < -0.4 is 0 Å². The quantitative estimate of drug-likeness (QED) is 0.828. The van der Waals surface area contributed by atoms with Gasteiger partial charge >= 0.3 is 5.97 Å². The third kappa shape index (κ3) is 3.81. The zero-order valence-corrected chi connectivity index (χ0v) is 10.4. The van der Waals surface area contributed by atoms with Gasteiger partial charge < -0.3 is 10.2 Å². The maximum atomic E-state index is 10.6. The number of thioether (sulfide) groups is 1. The molecule has 0 radical (unpaired) electrons. The van der Waals surface area contributed by atoms with Crippen LogP contribution in [-0.4, -0.2) is 32.5 Å². The van der Waals surface area contributed by atoms with Crippen LogP contribution in [0.1, 0.15) is 6.92 Å². The number of rotatable bonds is 4. The number of hydrogen-bond acceptors (Lipinski definition) is 4. The molecule has 6 heteroatoms. The highest BCUT2D eigenvalue weighted by Gasteiger charge is 2.29. The van der Waals surface area contributed by atoms with Gasteiger partial charge in [-0.1, -0.05) is 0 Å². The summed E-state index contributed by atoms with van der Waals surface area (Å²) >= 11 is 4.45. The third-order valence-corrected chi connectivity index (χ3v) is 3.37. The molecule has 0 aliphatic rings. The summed E-state index contributed by atoms with van der Waals surface area (Å²) in [7, 11) is 0. The Kier molecular flexibility index (Phi) is 4.12. The van der Waals surface area contributed by atoms with Gasteiger partial charge in [0.15, 0.2) is 5.60 Å². The molecule has 4 nitrogen and oxygen atoms in total. The van der Waals surface area contributed by atoms with E-state index in [1.807, 2.05) is 6.07 Å². The molecular weight excluding hydrogens is 282 g/mol. The van der Waals surface area contributed by atoms with Crippen molar-refractivity contribution in [1.82, 2.24) is 4.98 Å². The Morgan fingerprint density at radius 1 is 1.67 bits per heavy atom. The highest BCUT2D eigenvalue weighted by atomic mass is 79.9. The smallest absolute Gasteiger partial charge is 0.336 e. The second-order valence-corrected chi connectivity index (χ2v) is 5.09. The molecule has 15 heavy (non-hydrogen) atoms. The van der Waals surface area contributed by atoms with Crippen LogP contribution in [0.2, 0.25) is 0 Å². The summed E-state index contributed by atoms with van der Waals surface area (Å²) in [5, 5.41) is 18.8. The first-order chi connectivity index (χ1) is 6.92. The average molecular weight is 292 g/mol. The fraction of sp³-hybridized carbons (Fsp3) is 0.333. The number of aromatic nitrogens is 1. The minimum atomic E-state index is -1.72. The van der Waals surface area contributed by atoms with Gasteiger partial charge in [-0.3, -0.25) is 0 Å². The molecule has 1 unspecified atom stereocenters. The number of carboxylic acid groups (broad SMARTS) is 1. The first kappa shape index (κ1) is 12.5. The molecule has 1 aromatic rings. The van der Waals surface area contributed by atoms with Gasteiger partial charge in [-0.2, -0.15) is 0 Å². The minimum absolute atomic E-state index is 0.0664. The number of aliphatic carboxylic acids is 1. The van der Waals surface area contributed by atoms with Gasteiger partial charge in [-0.15, -0.1) is 11.8 Å². The molecule has 1 atom stereocenters. The van der Waals surface area contributed by atoms with Crippen LogP contribution in [0.5, 0.6) is 0 Å². The molecule has 0 fully saturated rings. The second-order valence-electron chi connectivity index (χ2n) is 3.18. The maximum absolute atomic E-state index is 10.6. The standard InChI is InChI=1S/C9H10BrNO3S/c1-9(14,8(12)13)5-15-7-3-2-6(10)4-11-7/h2-4,14H,5H2,1H3,(H,12,13). The van der Waals surface area contributed by atoms with Crippen LogP contribution in [0, 0.1) is 0 Å². The van der Waals surface area contributed by atoms with E-state index < -0.39 is 11.6 Å². The van der Waals surface area contributed by atoms with E-state index in [-0.39, 0.29) is 5.75 Å². The first-order valence-electron chi connectivity index (χ1n) is 4.12. The Hall–Kier alpha value is -0.590. The summed E-state index contributed by atoms with van der Waals surface area (Å²) in [6, 6.07) is 3.57. The topological polar surface area (TPSA) is 70.4 Å². The van der Waals surface area contributed by atoms with E-state index in [2.05, 4.69) is 20.9 Å². The number of hydrogen-bond donors (Lipinski definition) is 2. The normalized spacial score (nSPS) is 14.6. The van der Waals surface area contributed by atoms with Crippen molar-refractivity contribution in [2.24, 2.45) is 0 Å². The predicted octanol–water partition coefficient (Wildman–Crippen LogP) is 1.77. The molecule has 1 aromatic heterocycles. The molecule has 0 bridgehead atoms. The molecule has 0 aliphatic carbocycles. The minimum Gasteiger partial charge on any atom is -0.479 e. The number of carbonyl (C=O) groups is 1. The van der Waals surface area contributed by atoms with E-state index in [0.29, 0.717) is 5.03 Å². The fourth-order valence-corrected chi connectivity index (χ4v) is 1.80. The molecule has 2 N–H and O–H groups in total. The zero-order chi connectivity index (χ0) is 11.5. The predicted molar refractivity (Wildman–Crippen MR) is 60.9 cm³/mol. The number of carboxylic acids is 1. The lowest BCUT2D eigenvalue weighted by atomic mass is 10.1. The summed E-state index contributed by atoms with van der Waals surface area (Å²) < 4.78 is 0.858. The third-order valence-electron chi connectivity index (χ3n) is 1.66. The van der Waals surface area contributed by atoms with Crippen LogP contribution in [0.15, 0.2) is 27.8 Å². The van der Waals surface area contributed by atoms with Crippen molar-refractivity contribution in [2.75, 3.05) is 5.75 Å². The van der Waals surface area contributed by atoms with Crippen molar-refractivity contribution >= 4 is 33.7 Å². The first-order valence-corrected chi connectivity index (χ1v) is 5.90. The fourth-order valence-electron chi connectivity index (χ4n) is 0.724. The Balaban J connectivity index is 2.57. The summed E-state index contributed by atoms with van der Waals surface area (Å²) in [4.78, 5) is 14.7. The van der Waals surface area contributed by atoms with Gasteiger partial charge in [-0.05, 0) is 35.0 Å². The molecule has 82 valence electrons. The summed E-state index contributed by atoms with van der Waals surface area (Å²) in [5.74, 6) is -1.16. The van der Waals surface area contributed by atoms with Crippen molar-refractivity contribution < 1.29 is 15.0 Å². The van der Waals surface area contributed by atoms with Crippen LogP contribution in [0.4, 0.5) is 0 Å². The molecule has 0 saturated heterocycles. The summed E-state index contributed by atoms with van der Waals surface area (Å²) in [6.45, 7) is 1.27. The Bertz CT molecular complexity index is 353. The molecule has 0 amide bonds. The van der Waals surface area contributed by atoms with E-state index in [0.717, 1.165) is 4.47 Å². The molecule has 0 saturated carbocycles. The molecule has 1 rings (SSSR count). The van der Waals surface area contributed by atoms with Crippen molar-refractivity contribution in [3.05, 3.63) is 22.8 Å². The van der Waals surface area contributed by atoms with Gasteiger partial charge in [0, 0.05) is 16.4 Å². The van der Waals surface area contributed by atoms with E-state index in [1.54, 1.807) is 12.3 Å². The lowest BCUT2D eigenvalue weighted by molar-refractivity contribution is -0.154. The Morgan fingerprint density at radius 3 is 2.80 bits per heavy atom. The van der Waals surface area contributed by atoms with Crippen molar-refractivity contribution in [3.8, 4) is 0 Å². The van der Waals surface area contributed by atoms with Gasteiger partial charge in [-0.25, -0.2) is 9.78 Å². The van der Waals surface area contributed by atoms with Gasteiger partial charge in [0.05, 0.1) is 5.03 Å². The molecule has 0 aromatic carbocycles. The summed E-state index contributed by atoms with van der Waals surface area (Å²) in [6.07, 6.45) is 1.62. The van der Waals surface area contributed by atoms with Crippen molar-refractivity contribution in [3.63, 3.8) is 0 Å². The van der Waals surface area contributed by atoms with Gasteiger partial charge in [0.25, 0.3) is 0 Å².